The molecule has 3 aromatic rings. The van der Waals surface area contributed by atoms with Crippen molar-refractivity contribution in [3.05, 3.63) is 47.5 Å². The lowest BCUT2D eigenvalue weighted by molar-refractivity contribution is 0.0242. The number of hydrogen-bond donors (Lipinski definition) is 2. The predicted octanol–water partition coefficient (Wildman–Crippen LogP) is 2.20. The Balaban J connectivity index is 1.63. The summed E-state index contributed by atoms with van der Waals surface area (Å²) in [5.41, 5.74) is 1.34. The van der Waals surface area contributed by atoms with Crippen LogP contribution in [0.1, 0.15) is 24.0 Å². The summed E-state index contributed by atoms with van der Waals surface area (Å²) in [5.74, 6) is 0.723. The third-order valence-electron chi connectivity index (χ3n) is 4.94. The summed E-state index contributed by atoms with van der Waals surface area (Å²) in [4.78, 5) is 0.0723. The van der Waals surface area contributed by atoms with Gasteiger partial charge in [0.1, 0.15) is 27.3 Å². The molecule has 7 nitrogen and oxygen atoms in total. The molecule has 1 heterocycles. The summed E-state index contributed by atoms with van der Waals surface area (Å²) >= 11 is 0.969. The number of aromatic nitrogens is 2. The minimum atomic E-state index is -3.84. The fourth-order valence-corrected chi connectivity index (χ4v) is 5.39. The Kier molecular flexibility index (Phi) is 4.63. The molecule has 1 aliphatic rings. The number of benzene rings is 2. The summed E-state index contributed by atoms with van der Waals surface area (Å²) in [6, 6.07) is 10.3. The quantitative estimate of drug-likeness (QED) is 0.675. The summed E-state index contributed by atoms with van der Waals surface area (Å²) in [5, 5.41) is 11.2. The van der Waals surface area contributed by atoms with E-state index < -0.39 is 15.6 Å². The van der Waals surface area contributed by atoms with Crippen LogP contribution in [0.3, 0.4) is 0 Å². The van der Waals surface area contributed by atoms with Crippen molar-refractivity contribution in [1.29, 1.82) is 0 Å². The Morgan fingerprint density at radius 2 is 2.15 bits per heavy atom. The van der Waals surface area contributed by atoms with Gasteiger partial charge >= 0.3 is 0 Å². The van der Waals surface area contributed by atoms with E-state index >= 15 is 0 Å². The molecule has 0 unspecified atom stereocenters. The van der Waals surface area contributed by atoms with Gasteiger partial charge in [-0.15, -0.1) is 0 Å². The maximum atomic E-state index is 12.8. The van der Waals surface area contributed by atoms with E-state index in [0.29, 0.717) is 17.5 Å². The predicted molar refractivity (Wildman–Crippen MR) is 102 cm³/mol. The topological polar surface area (TPSA) is 101 Å². The highest BCUT2D eigenvalue weighted by Gasteiger charge is 2.36. The van der Waals surface area contributed by atoms with Crippen LogP contribution in [0.2, 0.25) is 0 Å². The molecule has 1 aliphatic carbocycles. The molecule has 2 aromatic carbocycles. The largest absolute Gasteiger partial charge is 0.497 e. The fourth-order valence-electron chi connectivity index (χ4n) is 3.54. The molecular weight excluding hydrogens is 386 g/mol. The first-order valence-electron chi connectivity index (χ1n) is 8.54. The third kappa shape index (κ3) is 3.31. The van der Waals surface area contributed by atoms with E-state index in [0.717, 1.165) is 41.4 Å². The van der Waals surface area contributed by atoms with Crippen molar-refractivity contribution < 1.29 is 18.3 Å². The summed E-state index contributed by atoms with van der Waals surface area (Å²) in [6.45, 7) is -0.109. The average molecular weight is 406 g/mol. The zero-order valence-electron chi connectivity index (χ0n) is 14.7. The molecule has 0 bridgehead atoms. The number of ether oxygens (including phenoxy) is 1. The molecule has 1 aromatic heterocycles. The molecule has 0 radical (unpaired) electrons. The maximum absolute atomic E-state index is 12.8. The lowest BCUT2D eigenvalue weighted by atomic mass is 9.79. The Labute approximate surface area is 161 Å². The highest BCUT2D eigenvalue weighted by molar-refractivity contribution is 7.89. The molecule has 0 saturated heterocycles. The van der Waals surface area contributed by atoms with Crippen molar-refractivity contribution in [2.75, 3.05) is 13.7 Å². The molecule has 9 heteroatoms. The van der Waals surface area contributed by atoms with Crippen LogP contribution in [-0.4, -0.2) is 35.9 Å². The van der Waals surface area contributed by atoms with Crippen LogP contribution >= 0.6 is 11.7 Å². The zero-order chi connectivity index (χ0) is 19.1. The van der Waals surface area contributed by atoms with Gasteiger partial charge < -0.3 is 9.84 Å². The van der Waals surface area contributed by atoms with Crippen molar-refractivity contribution >= 4 is 32.8 Å². The minimum Gasteiger partial charge on any atom is -0.497 e. The van der Waals surface area contributed by atoms with Crippen LogP contribution in [0, 0.1) is 0 Å². The Hall–Kier alpha value is -2.07. The van der Waals surface area contributed by atoms with Crippen LogP contribution < -0.4 is 9.46 Å². The van der Waals surface area contributed by atoms with Crippen LogP contribution in [0.4, 0.5) is 0 Å². The first-order chi connectivity index (χ1) is 12.9. The number of hydrogen-bond acceptors (Lipinski definition) is 7. The van der Waals surface area contributed by atoms with Gasteiger partial charge in [0, 0.05) is 6.54 Å². The SMILES string of the molecule is COc1ccc2c(c1)CCC[C@@]2(O)CNS(=O)(=O)c1cccc2nsnc12. The number of rotatable bonds is 5. The first kappa shape index (κ1) is 18.3. The molecule has 0 spiro atoms. The zero-order valence-corrected chi connectivity index (χ0v) is 16.3. The molecule has 0 amide bonds. The lowest BCUT2D eigenvalue weighted by Gasteiger charge is -2.34. The van der Waals surface area contributed by atoms with E-state index in [-0.39, 0.29) is 11.4 Å². The number of sulfonamides is 1. The summed E-state index contributed by atoms with van der Waals surface area (Å²) in [7, 11) is -2.24. The molecule has 2 N–H and O–H groups in total. The van der Waals surface area contributed by atoms with Gasteiger partial charge in [-0.2, -0.15) is 8.75 Å². The van der Waals surface area contributed by atoms with Crippen LogP contribution in [0.25, 0.3) is 11.0 Å². The minimum absolute atomic E-state index is 0.0723. The highest BCUT2D eigenvalue weighted by Crippen LogP contribution is 2.37. The number of nitrogens with one attached hydrogen (secondary N) is 1. The molecular formula is C18H19N3O4S2. The van der Waals surface area contributed by atoms with Gasteiger partial charge in [-0.1, -0.05) is 12.1 Å². The second-order valence-corrected chi connectivity index (χ2v) is 8.88. The van der Waals surface area contributed by atoms with Crippen molar-refractivity contribution in [2.24, 2.45) is 0 Å². The molecule has 0 saturated carbocycles. The first-order valence-corrected chi connectivity index (χ1v) is 10.7. The van der Waals surface area contributed by atoms with E-state index in [9.17, 15) is 13.5 Å². The summed E-state index contributed by atoms with van der Waals surface area (Å²) < 4.78 is 41.7. The Morgan fingerprint density at radius 1 is 1.30 bits per heavy atom. The van der Waals surface area contributed by atoms with Crippen molar-refractivity contribution in [2.45, 2.75) is 29.8 Å². The van der Waals surface area contributed by atoms with Gasteiger partial charge in [0.05, 0.1) is 18.8 Å². The van der Waals surface area contributed by atoms with Gasteiger partial charge in [0.2, 0.25) is 10.0 Å². The van der Waals surface area contributed by atoms with Gasteiger partial charge in [0.25, 0.3) is 0 Å². The Bertz CT molecular complexity index is 1100. The number of aliphatic hydroxyl groups is 1. The molecule has 142 valence electrons. The summed E-state index contributed by atoms with van der Waals surface area (Å²) in [6.07, 6.45) is 2.08. The van der Waals surface area contributed by atoms with Gasteiger partial charge in [-0.05, 0) is 54.7 Å². The van der Waals surface area contributed by atoms with Gasteiger partial charge in [0.15, 0.2) is 0 Å². The van der Waals surface area contributed by atoms with E-state index in [1.54, 1.807) is 25.3 Å². The van der Waals surface area contributed by atoms with E-state index in [1.807, 2.05) is 12.1 Å². The molecule has 1 atom stereocenters. The standard InChI is InChI=1S/C18H19N3O4S2/c1-25-13-7-8-14-12(10-13)4-3-9-18(14,22)11-19-27(23,24)16-6-2-5-15-17(16)21-26-20-15/h2,5-8,10,19,22H,3-4,9,11H2,1H3/t18-/m1/s1. The fraction of sp³-hybridized carbons (Fsp3) is 0.333. The molecule has 0 aliphatic heterocycles. The molecule has 27 heavy (non-hydrogen) atoms. The number of fused-ring (bicyclic) bond motifs is 2. The second-order valence-electron chi connectivity index (χ2n) is 6.62. The number of methoxy groups -OCH3 is 1. The van der Waals surface area contributed by atoms with Crippen LogP contribution in [-0.2, 0) is 22.0 Å². The highest BCUT2D eigenvalue weighted by atomic mass is 32.2. The Morgan fingerprint density at radius 3 is 2.96 bits per heavy atom. The van der Waals surface area contributed by atoms with Crippen molar-refractivity contribution in [1.82, 2.24) is 13.5 Å². The van der Waals surface area contributed by atoms with Gasteiger partial charge in [-0.3, -0.25) is 0 Å². The lowest BCUT2D eigenvalue weighted by Crippen LogP contribution is -2.43. The van der Waals surface area contributed by atoms with Crippen molar-refractivity contribution in [3.8, 4) is 5.75 Å². The van der Waals surface area contributed by atoms with Gasteiger partial charge in [-0.25, -0.2) is 13.1 Å². The second kappa shape index (κ2) is 6.83. The normalized spacial score (nSPS) is 19.8. The number of nitrogens with zero attached hydrogens (tertiary/aromatic N) is 2. The number of aryl methyl sites for hydroxylation is 1. The van der Waals surface area contributed by atoms with E-state index in [2.05, 4.69) is 13.5 Å². The van der Waals surface area contributed by atoms with Crippen LogP contribution in [0.5, 0.6) is 5.75 Å². The van der Waals surface area contributed by atoms with Crippen LogP contribution in [0.15, 0.2) is 41.3 Å². The monoisotopic (exact) mass is 405 g/mol. The third-order valence-corrected chi connectivity index (χ3v) is 6.92. The smallest absolute Gasteiger partial charge is 0.242 e. The van der Waals surface area contributed by atoms with Crippen molar-refractivity contribution in [3.63, 3.8) is 0 Å². The van der Waals surface area contributed by atoms with E-state index in [1.165, 1.54) is 6.07 Å². The average Bonchev–Trinajstić information content (AvgIpc) is 3.15. The molecule has 4 rings (SSSR count). The van der Waals surface area contributed by atoms with E-state index in [4.69, 9.17) is 4.74 Å². The maximum Gasteiger partial charge on any atom is 0.242 e. The molecule has 0 fully saturated rings.